The highest BCUT2D eigenvalue weighted by molar-refractivity contribution is 6.08. The molecule has 0 radical (unpaired) electrons. The van der Waals surface area contributed by atoms with Crippen LogP contribution < -0.4 is 76.9 Å². The molecule has 8 amide bonds. The van der Waals surface area contributed by atoms with Gasteiger partial charge in [0.1, 0.15) is 41.9 Å². The van der Waals surface area contributed by atoms with Crippen molar-refractivity contribution in [3.8, 4) is 17.2 Å². The van der Waals surface area contributed by atoms with Crippen LogP contribution in [-0.4, -0.2) is 131 Å². The van der Waals surface area contributed by atoms with Gasteiger partial charge >= 0.3 is 5.97 Å². The molecule has 0 heterocycles. The third-order valence-electron chi connectivity index (χ3n) is 12.5. The molecule has 4 rings (SSSR count). The zero-order valence-electron chi connectivity index (χ0n) is 44.7. The molecule has 0 aliphatic carbocycles. The molecular formula is C54H74N14O13. The first-order valence-electron chi connectivity index (χ1n) is 26.3. The zero-order chi connectivity index (χ0) is 59.6. The molecule has 0 fully saturated rings. The first-order valence-corrected chi connectivity index (χ1v) is 26.3. The Morgan fingerprint density at radius 2 is 0.716 bits per heavy atom. The Balaban J connectivity index is 1.50. The normalized spacial score (nSPS) is 12.4. The van der Waals surface area contributed by atoms with Crippen molar-refractivity contribution < 1.29 is 63.6 Å². The number of aliphatic carboxylic acids is 1. The first-order chi connectivity index (χ1) is 38.7. The maximum atomic E-state index is 14.0. The number of carbonyl (C=O) groups is 9. The number of benzene rings is 4. The number of carboxylic acids is 1. The summed E-state index contributed by atoms with van der Waals surface area (Å²) in [4.78, 5) is 119. The molecule has 4 unspecified atom stereocenters. The van der Waals surface area contributed by atoms with Gasteiger partial charge in [0.15, 0.2) is 0 Å². The minimum absolute atomic E-state index is 0.0137. The summed E-state index contributed by atoms with van der Waals surface area (Å²) in [5.41, 5.74) is 34.1. The number of hydrogen-bond acceptors (Lipinski definition) is 18. The van der Waals surface area contributed by atoms with E-state index < -0.39 is 101 Å². The number of nitrogens with one attached hydrogen (secondary N) is 8. The zero-order valence-corrected chi connectivity index (χ0v) is 44.7. The quantitative estimate of drug-likeness (QED) is 0.0181. The molecule has 27 nitrogen and oxygen atoms in total. The van der Waals surface area contributed by atoms with E-state index in [2.05, 4.69) is 42.5 Å². The maximum Gasteiger partial charge on any atom is 0.322 e. The van der Waals surface area contributed by atoms with Crippen LogP contribution in [0.3, 0.4) is 0 Å². The molecule has 438 valence electrons. The van der Waals surface area contributed by atoms with Crippen LogP contribution in [-0.2, 0) is 24.0 Å². The van der Waals surface area contributed by atoms with Crippen molar-refractivity contribution in [3.63, 3.8) is 0 Å². The molecule has 4 aromatic carbocycles. The van der Waals surface area contributed by atoms with Crippen molar-refractivity contribution >= 4 is 81.7 Å². The van der Waals surface area contributed by atoms with E-state index in [4.69, 9.17) is 39.5 Å². The number of amides is 8. The van der Waals surface area contributed by atoms with Gasteiger partial charge in [0.25, 0.3) is 23.6 Å². The number of nitrogens with two attached hydrogens (primary N) is 6. The van der Waals surface area contributed by atoms with E-state index in [0.29, 0.717) is 70.9 Å². The predicted octanol–water partition coefficient (Wildman–Crippen LogP) is 1.19. The molecule has 27 heteroatoms. The summed E-state index contributed by atoms with van der Waals surface area (Å²) in [5, 5.41) is 61.4. The molecule has 0 bridgehead atoms. The summed E-state index contributed by atoms with van der Waals surface area (Å²) in [6.07, 6.45) is 4.53. The molecule has 4 atom stereocenters. The average molecular weight is 1130 g/mol. The summed E-state index contributed by atoms with van der Waals surface area (Å²) in [6, 6.07) is 10.4. The number of anilines is 5. The number of phenols is 3. The third kappa shape index (κ3) is 20.7. The molecule has 0 saturated carbocycles. The number of carboxylic acid groups (broad SMARTS) is 1. The average Bonchev–Trinajstić information content (AvgIpc) is 3.51. The van der Waals surface area contributed by atoms with E-state index in [1.54, 1.807) is 0 Å². The van der Waals surface area contributed by atoms with Crippen LogP contribution in [0.15, 0.2) is 72.8 Å². The molecule has 81 heavy (non-hydrogen) atoms. The Labute approximate surface area is 467 Å². The fourth-order valence-corrected chi connectivity index (χ4v) is 8.02. The lowest BCUT2D eigenvalue weighted by atomic mass is 10.1. The van der Waals surface area contributed by atoms with Crippen LogP contribution in [0.1, 0.15) is 118 Å². The van der Waals surface area contributed by atoms with E-state index in [1.807, 2.05) is 0 Å². The van der Waals surface area contributed by atoms with Gasteiger partial charge in [-0.2, -0.15) is 0 Å². The Bertz CT molecular complexity index is 2870. The summed E-state index contributed by atoms with van der Waals surface area (Å²) in [6.45, 7) is 0.547. The van der Waals surface area contributed by atoms with Crippen molar-refractivity contribution in [2.75, 3.05) is 59.7 Å². The second-order valence-electron chi connectivity index (χ2n) is 18.9. The van der Waals surface area contributed by atoms with Crippen molar-refractivity contribution in [1.82, 2.24) is 21.3 Å². The number of unbranched alkanes of at least 4 members (excludes halogenated alkanes) is 4. The molecule has 0 spiro atoms. The van der Waals surface area contributed by atoms with Crippen LogP contribution >= 0.6 is 0 Å². The molecule has 0 aromatic heterocycles. The third-order valence-corrected chi connectivity index (χ3v) is 12.5. The highest BCUT2D eigenvalue weighted by atomic mass is 16.4. The number of aromatic hydroxyl groups is 3. The Morgan fingerprint density at radius 3 is 1.07 bits per heavy atom. The molecule has 24 N–H and O–H groups in total. The van der Waals surface area contributed by atoms with Gasteiger partial charge in [-0.05, 0) is 170 Å². The lowest BCUT2D eigenvalue weighted by Gasteiger charge is -2.21. The van der Waals surface area contributed by atoms with Gasteiger partial charge in [0.05, 0.1) is 28.3 Å². The topological polar surface area (TPSA) is 487 Å². The van der Waals surface area contributed by atoms with Gasteiger partial charge in [-0.25, -0.2) is 0 Å². The van der Waals surface area contributed by atoms with Gasteiger partial charge in [0.2, 0.25) is 23.6 Å². The largest absolute Gasteiger partial charge is 0.507 e. The molecule has 0 aliphatic rings. The van der Waals surface area contributed by atoms with E-state index in [0.717, 1.165) is 30.3 Å². The van der Waals surface area contributed by atoms with E-state index >= 15 is 0 Å². The minimum atomic E-state index is -1.33. The number of carbonyl (C=O) groups excluding carboxylic acids is 8. The van der Waals surface area contributed by atoms with E-state index in [9.17, 15) is 58.5 Å². The smallest absolute Gasteiger partial charge is 0.322 e. The van der Waals surface area contributed by atoms with Crippen LogP contribution in [0, 0.1) is 0 Å². The summed E-state index contributed by atoms with van der Waals surface area (Å²) < 4.78 is 0. The Kier molecular flexibility index (Phi) is 26.2. The van der Waals surface area contributed by atoms with Crippen LogP contribution in [0.5, 0.6) is 17.2 Å². The molecule has 0 saturated heterocycles. The Hall–Kier alpha value is -8.89. The van der Waals surface area contributed by atoms with E-state index in [1.165, 1.54) is 42.5 Å². The van der Waals surface area contributed by atoms with Crippen LogP contribution in [0.25, 0.3) is 0 Å². The number of phenolic OH excluding ortho intramolecular Hbond substituents is 3. The fourth-order valence-electron chi connectivity index (χ4n) is 8.02. The van der Waals surface area contributed by atoms with E-state index in [-0.39, 0.29) is 83.0 Å². The highest BCUT2D eigenvalue weighted by Gasteiger charge is 2.28. The summed E-state index contributed by atoms with van der Waals surface area (Å²) >= 11 is 0. The molecular weight excluding hydrogens is 1050 g/mol. The van der Waals surface area contributed by atoms with Crippen LogP contribution in [0.2, 0.25) is 0 Å². The number of rotatable bonds is 33. The molecule has 0 aliphatic heterocycles. The number of nitrogen functional groups attached to an aromatic ring is 1. The highest BCUT2D eigenvalue weighted by Crippen LogP contribution is 2.27. The second kappa shape index (κ2) is 32.9. The fraction of sp³-hybridized carbons (Fsp3) is 0.389. The summed E-state index contributed by atoms with van der Waals surface area (Å²) in [7, 11) is 0. The van der Waals surface area contributed by atoms with Gasteiger partial charge in [-0.3, -0.25) is 43.2 Å². The van der Waals surface area contributed by atoms with Gasteiger partial charge in [0, 0.05) is 28.4 Å². The lowest BCUT2D eigenvalue weighted by Crippen LogP contribution is -2.44. The van der Waals surface area contributed by atoms with Gasteiger partial charge in [-0.15, -0.1) is 0 Å². The second-order valence-corrected chi connectivity index (χ2v) is 18.9. The monoisotopic (exact) mass is 1130 g/mol. The lowest BCUT2D eigenvalue weighted by molar-refractivity contribution is -0.135. The van der Waals surface area contributed by atoms with Gasteiger partial charge < -0.3 is 97.4 Å². The maximum absolute atomic E-state index is 14.0. The van der Waals surface area contributed by atoms with Crippen molar-refractivity contribution in [2.45, 2.75) is 101 Å². The number of hydrogen-bond donors (Lipinski definition) is 18. The first kappa shape index (κ1) is 64.6. The van der Waals surface area contributed by atoms with Crippen molar-refractivity contribution in [2.24, 2.45) is 28.7 Å². The van der Waals surface area contributed by atoms with Crippen molar-refractivity contribution in [1.29, 1.82) is 0 Å². The van der Waals surface area contributed by atoms with Crippen LogP contribution in [0.4, 0.5) is 28.4 Å². The SMILES string of the molecule is NCCCCC(N)C(=O)Nc1ccc(N)c(C(=O)NC(CCCCN)C(=O)Nc2ccc(O)c(C(=O)NC(CCCCN)C(=O)Nc3ccc(O)c(C(=O)NC(CCCCN)C(=O)Nc4ccc(O)c(C(=O)NCC(=O)O)c4)c3)c2)c1. The minimum Gasteiger partial charge on any atom is -0.507 e. The summed E-state index contributed by atoms with van der Waals surface area (Å²) in [5.74, 6) is -9.15. The van der Waals surface area contributed by atoms with Crippen molar-refractivity contribution in [3.05, 3.63) is 95.1 Å². The Morgan fingerprint density at radius 1 is 0.407 bits per heavy atom. The predicted molar refractivity (Wildman–Crippen MR) is 303 cm³/mol. The molecule has 4 aromatic rings. The standard InChI is InChI=1S/C54H74N14O13/c55-21-5-1-9-39(60)51(78)62-30-13-17-38(59)34(25-30)48(75)66-40(10-2-6-22-56)52(79)64-32-15-19-44(70)36(27-32)50(77)68-42(12-4-8-24-58)54(81)65-33-16-20-45(71)37(28-33)49(76)67-41(11-3-7-23-57)53(80)63-31-14-18-43(69)35(26-31)47(74)61-29-46(72)73/h13-20,25-28,39-42,69-71H,1-12,21-24,29,55-60H2,(H,61,74)(H,62,78)(H,63,80)(H,64,79)(H,65,81)(H,66,75)(H,67,76)(H,68,77)(H,72,73). The van der Waals surface area contributed by atoms with Gasteiger partial charge in [-0.1, -0.05) is 6.42 Å².